The lowest BCUT2D eigenvalue weighted by atomic mass is 10.1. The van der Waals surface area contributed by atoms with Gasteiger partial charge in [0.05, 0.1) is 16.8 Å². The molecule has 0 saturated heterocycles. The second kappa shape index (κ2) is 7.86. The van der Waals surface area contributed by atoms with Crippen molar-refractivity contribution in [3.63, 3.8) is 0 Å². The van der Waals surface area contributed by atoms with E-state index in [9.17, 15) is 4.79 Å². The van der Waals surface area contributed by atoms with Gasteiger partial charge in [-0.2, -0.15) is 0 Å². The molecule has 2 atom stereocenters. The number of benzene rings is 1. The maximum absolute atomic E-state index is 12.6. The molecule has 126 valence electrons. The quantitative estimate of drug-likeness (QED) is 0.765. The van der Waals surface area contributed by atoms with E-state index in [-0.39, 0.29) is 18.0 Å². The molecule has 0 aliphatic carbocycles. The van der Waals surface area contributed by atoms with Crippen molar-refractivity contribution in [3.8, 4) is 0 Å². The van der Waals surface area contributed by atoms with E-state index in [0.29, 0.717) is 5.75 Å². The zero-order valence-electron chi connectivity index (χ0n) is 14.7. The van der Waals surface area contributed by atoms with Crippen molar-refractivity contribution in [2.24, 2.45) is 0 Å². The van der Waals surface area contributed by atoms with Gasteiger partial charge in [0.15, 0.2) is 5.16 Å². The molecule has 0 fully saturated rings. The first kappa shape index (κ1) is 17.9. The number of aromatic nitrogens is 2. The minimum Gasteiger partial charge on any atom is -0.337 e. The SMILES string of the molecule is CC[C@H](C)N(C(=O)CSc1nc2ccc(C)cc2[nH]1)[C@@H](C)CC. The highest BCUT2D eigenvalue weighted by molar-refractivity contribution is 7.99. The van der Waals surface area contributed by atoms with Crippen LogP contribution in [0.25, 0.3) is 11.0 Å². The zero-order chi connectivity index (χ0) is 17.0. The maximum Gasteiger partial charge on any atom is 0.233 e. The summed E-state index contributed by atoms with van der Waals surface area (Å²) in [5.41, 5.74) is 3.18. The van der Waals surface area contributed by atoms with Gasteiger partial charge in [-0.05, 0) is 51.3 Å². The molecule has 1 heterocycles. The molecule has 1 N–H and O–H groups in total. The number of carbonyl (C=O) groups is 1. The van der Waals surface area contributed by atoms with Gasteiger partial charge in [-0.3, -0.25) is 4.79 Å². The number of hydrogen-bond donors (Lipinski definition) is 1. The Bertz CT molecular complexity index is 657. The van der Waals surface area contributed by atoms with Crippen molar-refractivity contribution >= 4 is 28.7 Å². The average molecular weight is 334 g/mol. The molecule has 0 aliphatic heterocycles. The molecule has 0 unspecified atom stereocenters. The number of H-pyrrole nitrogens is 1. The summed E-state index contributed by atoms with van der Waals surface area (Å²) in [6.45, 7) is 10.6. The number of nitrogens with zero attached hydrogens (tertiary/aromatic N) is 2. The van der Waals surface area contributed by atoms with Crippen LogP contribution in [0, 0.1) is 6.92 Å². The summed E-state index contributed by atoms with van der Waals surface area (Å²) in [6.07, 6.45) is 1.95. The van der Waals surface area contributed by atoms with Gasteiger partial charge in [-0.25, -0.2) is 4.98 Å². The van der Waals surface area contributed by atoms with Crippen LogP contribution < -0.4 is 0 Å². The van der Waals surface area contributed by atoms with Crippen molar-refractivity contribution in [2.45, 2.75) is 64.7 Å². The number of thioether (sulfide) groups is 1. The van der Waals surface area contributed by atoms with Crippen molar-refractivity contribution < 1.29 is 4.79 Å². The third-order valence-electron chi connectivity index (χ3n) is 4.37. The van der Waals surface area contributed by atoms with Crippen molar-refractivity contribution in [2.75, 3.05) is 5.75 Å². The van der Waals surface area contributed by atoms with E-state index in [1.54, 1.807) is 0 Å². The Morgan fingerprint density at radius 3 is 2.52 bits per heavy atom. The highest BCUT2D eigenvalue weighted by Crippen LogP contribution is 2.22. The first-order valence-corrected chi connectivity index (χ1v) is 9.35. The summed E-state index contributed by atoms with van der Waals surface area (Å²) < 4.78 is 0. The molecule has 4 nitrogen and oxygen atoms in total. The fraction of sp³-hybridized carbons (Fsp3) is 0.556. The first-order chi connectivity index (χ1) is 11.0. The summed E-state index contributed by atoms with van der Waals surface area (Å²) in [5.74, 6) is 0.614. The Morgan fingerprint density at radius 2 is 1.91 bits per heavy atom. The predicted octanol–water partition coefficient (Wildman–Crippen LogP) is 4.39. The minimum absolute atomic E-state index is 0.190. The van der Waals surface area contributed by atoms with Crippen LogP contribution in [0.2, 0.25) is 0 Å². The lowest BCUT2D eigenvalue weighted by Crippen LogP contribution is -2.45. The monoisotopic (exact) mass is 333 g/mol. The molecule has 0 aliphatic rings. The molecule has 1 aromatic carbocycles. The zero-order valence-corrected chi connectivity index (χ0v) is 15.5. The van der Waals surface area contributed by atoms with Crippen LogP contribution in [0.3, 0.4) is 0 Å². The highest BCUT2D eigenvalue weighted by Gasteiger charge is 2.23. The van der Waals surface area contributed by atoms with Gasteiger partial charge in [0.25, 0.3) is 0 Å². The van der Waals surface area contributed by atoms with Crippen LogP contribution in [0.15, 0.2) is 23.4 Å². The topological polar surface area (TPSA) is 49.0 Å². The number of hydrogen-bond acceptors (Lipinski definition) is 3. The Kier molecular flexibility index (Phi) is 6.10. The minimum atomic E-state index is 0.190. The molecular formula is C18H27N3OS. The summed E-state index contributed by atoms with van der Waals surface area (Å²) in [6, 6.07) is 6.69. The first-order valence-electron chi connectivity index (χ1n) is 8.36. The number of fused-ring (bicyclic) bond motifs is 1. The Balaban J connectivity index is 2.06. The predicted molar refractivity (Wildman–Crippen MR) is 97.9 cm³/mol. The number of rotatable bonds is 7. The van der Waals surface area contributed by atoms with Crippen LogP contribution in [-0.2, 0) is 4.79 Å². The van der Waals surface area contributed by atoms with Crippen molar-refractivity contribution in [1.29, 1.82) is 0 Å². The second-order valence-corrected chi connectivity index (χ2v) is 7.13. The van der Waals surface area contributed by atoms with Gasteiger partial charge >= 0.3 is 0 Å². The molecule has 0 radical (unpaired) electrons. The molecule has 0 saturated carbocycles. The third kappa shape index (κ3) is 4.28. The van der Waals surface area contributed by atoms with Gasteiger partial charge in [0.2, 0.25) is 5.91 Å². The molecule has 1 aromatic heterocycles. The second-order valence-electron chi connectivity index (χ2n) is 6.17. The number of imidazole rings is 1. The smallest absolute Gasteiger partial charge is 0.233 e. The van der Waals surface area contributed by atoms with Crippen molar-refractivity contribution in [3.05, 3.63) is 23.8 Å². The van der Waals surface area contributed by atoms with Crippen LogP contribution in [-0.4, -0.2) is 38.6 Å². The van der Waals surface area contributed by atoms with Gasteiger partial charge in [0, 0.05) is 12.1 Å². The summed E-state index contributed by atoms with van der Waals surface area (Å²) in [4.78, 5) is 22.5. The standard InChI is InChI=1S/C18H27N3OS/c1-6-13(4)21(14(5)7-2)17(22)11-23-18-19-15-9-8-12(3)10-16(15)20-18/h8-10,13-14H,6-7,11H2,1-5H3,(H,19,20)/t13-,14-/m0/s1. The van der Waals surface area contributed by atoms with Gasteiger partial charge in [0.1, 0.15) is 0 Å². The van der Waals surface area contributed by atoms with Gasteiger partial charge in [-0.1, -0.05) is 31.7 Å². The Hall–Kier alpha value is -1.49. The fourth-order valence-corrected chi connectivity index (χ4v) is 3.45. The molecule has 2 rings (SSSR count). The van der Waals surface area contributed by atoms with Crippen LogP contribution in [0.5, 0.6) is 0 Å². The molecule has 0 spiro atoms. The highest BCUT2D eigenvalue weighted by atomic mass is 32.2. The lowest BCUT2D eigenvalue weighted by Gasteiger charge is -2.33. The maximum atomic E-state index is 12.6. The number of aromatic amines is 1. The average Bonchev–Trinajstić information content (AvgIpc) is 2.94. The number of nitrogens with one attached hydrogen (secondary N) is 1. The number of amides is 1. The van der Waals surface area contributed by atoms with Crippen LogP contribution >= 0.6 is 11.8 Å². The molecule has 0 bridgehead atoms. The van der Waals surface area contributed by atoms with E-state index in [2.05, 4.69) is 56.7 Å². The number of aryl methyl sites for hydroxylation is 1. The molecule has 1 amide bonds. The van der Waals surface area contributed by atoms with Crippen molar-refractivity contribution in [1.82, 2.24) is 14.9 Å². The number of carbonyl (C=O) groups excluding carboxylic acids is 1. The summed E-state index contributed by atoms with van der Waals surface area (Å²) in [7, 11) is 0. The van der Waals surface area contributed by atoms with Crippen LogP contribution in [0.4, 0.5) is 0 Å². The van der Waals surface area contributed by atoms with E-state index in [4.69, 9.17) is 0 Å². The Labute approximate surface area is 143 Å². The van der Waals surface area contributed by atoms with E-state index in [1.807, 2.05) is 11.0 Å². The van der Waals surface area contributed by atoms with E-state index >= 15 is 0 Å². The summed E-state index contributed by atoms with van der Waals surface area (Å²) in [5, 5.41) is 0.812. The van der Waals surface area contributed by atoms with Gasteiger partial charge < -0.3 is 9.88 Å². The molecular weight excluding hydrogens is 306 g/mol. The van der Waals surface area contributed by atoms with Crippen LogP contribution in [0.1, 0.15) is 46.1 Å². The molecule has 5 heteroatoms. The van der Waals surface area contributed by atoms with E-state index in [0.717, 1.165) is 29.0 Å². The lowest BCUT2D eigenvalue weighted by molar-refractivity contribution is -0.132. The Morgan fingerprint density at radius 1 is 1.26 bits per heavy atom. The normalized spacial score (nSPS) is 14.0. The molecule has 23 heavy (non-hydrogen) atoms. The summed E-state index contributed by atoms with van der Waals surface area (Å²) >= 11 is 1.49. The fourth-order valence-electron chi connectivity index (χ4n) is 2.69. The third-order valence-corrected chi connectivity index (χ3v) is 5.23. The molecule has 2 aromatic rings. The largest absolute Gasteiger partial charge is 0.337 e. The van der Waals surface area contributed by atoms with E-state index in [1.165, 1.54) is 17.3 Å². The van der Waals surface area contributed by atoms with Gasteiger partial charge in [-0.15, -0.1) is 0 Å². The van der Waals surface area contributed by atoms with E-state index < -0.39 is 0 Å².